The van der Waals surface area contributed by atoms with Gasteiger partial charge in [-0.3, -0.25) is 9.59 Å². The van der Waals surface area contributed by atoms with Crippen LogP contribution in [0.15, 0.2) is 12.2 Å². The predicted molar refractivity (Wildman–Crippen MR) is 142 cm³/mol. The Morgan fingerprint density at radius 2 is 1.59 bits per heavy atom. The molecule has 0 aromatic rings. The lowest BCUT2D eigenvalue weighted by atomic mass is 9.32. The van der Waals surface area contributed by atoms with Crippen molar-refractivity contribution in [1.82, 2.24) is 0 Å². The zero-order valence-corrected chi connectivity index (χ0v) is 24.0. The average molecular weight is 517 g/mol. The van der Waals surface area contributed by atoms with Gasteiger partial charge in [-0.2, -0.15) is 4.39 Å². The third kappa shape index (κ3) is 3.47. The molecule has 0 saturated heterocycles. The zero-order chi connectivity index (χ0) is 27.2. The van der Waals surface area contributed by atoms with Gasteiger partial charge < -0.3 is 9.84 Å². The fourth-order valence-electron chi connectivity index (χ4n) is 11.9. The maximum absolute atomic E-state index is 14.9. The number of ether oxygens (including phenoxy) is 1. The van der Waals surface area contributed by atoms with Crippen molar-refractivity contribution in [3.8, 4) is 0 Å². The molecule has 0 aromatic heterocycles. The molecule has 0 aromatic carbocycles. The number of carbonyl (C=O) groups is 2. The summed E-state index contributed by atoms with van der Waals surface area (Å²) >= 11 is 0. The Bertz CT molecular complexity index is 989. The molecule has 5 rings (SSSR count). The van der Waals surface area contributed by atoms with Crippen LogP contribution in [0.4, 0.5) is 4.39 Å². The summed E-state index contributed by atoms with van der Waals surface area (Å²) in [6.45, 7) is 17.7. The third-order valence-corrected chi connectivity index (χ3v) is 13.8. The highest BCUT2D eigenvalue weighted by Crippen LogP contribution is 2.77. The quantitative estimate of drug-likeness (QED) is 0.247. The summed E-state index contributed by atoms with van der Waals surface area (Å²) in [7, 11) is 0. The van der Waals surface area contributed by atoms with Crippen molar-refractivity contribution in [1.29, 1.82) is 0 Å². The SMILES string of the molecule is C=C(CO)C1CC[C@]2(C(=O)F)CCC3(C)C(CCC4C5(C)CCC(OC(C)=O)C(C)(C)C5CCC43C)C12. The highest BCUT2D eigenvalue weighted by atomic mass is 19.1. The highest BCUT2D eigenvalue weighted by Gasteiger charge is 2.72. The van der Waals surface area contributed by atoms with E-state index >= 15 is 0 Å². The van der Waals surface area contributed by atoms with Gasteiger partial charge in [0.25, 0.3) is 0 Å². The van der Waals surface area contributed by atoms with Gasteiger partial charge in [0.15, 0.2) is 0 Å². The van der Waals surface area contributed by atoms with Gasteiger partial charge in [-0.05, 0) is 116 Å². The molecular formula is C32H49FO4. The normalized spacial score (nSPS) is 50.2. The molecule has 208 valence electrons. The molecule has 0 heterocycles. The fourth-order valence-corrected chi connectivity index (χ4v) is 11.9. The fraction of sp³-hybridized carbons (Fsp3) is 0.875. The van der Waals surface area contributed by atoms with Gasteiger partial charge >= 0.3 is 12.0 Å². The molecule has 4 nitrogen and oxygen atoms in total. The summed E-state index contributed by atoms with van der Waals surface area (Å²) in [6, 6.07) is -1.12. The number of halogens is 1. The number of aliphatic hydroxyl groups excluding tert-OH is 1. The topological polar surface area (TPSA) is 63.6 Å². The number of carbonyl (C=O) groups excluding carboxylic acids is 2. The monoisotopic (exact) mass is 516 g/mol. The van der Waals surface area contributed by atoms with E-state index in [0.717, 1.165) is 56.9 Å². The van der Waals surface area contributed by atoms with Gasteiger partial charge in [0.2, 0.25) is 0 Å². The molecule has 0 bridgehead atoms. The van der Waals surface area contributed by atoms with Crippen molar-refractivity contribution in [3.63, 3.8) is 0 Å². The molecule has 10 atom stereocenters. The van der Waals surface area contributed by atoms with Gasteiger partial charge in [0.1, 0.15) is 6.10 Å². The predicted octanol–water partition coefficient (Wildman–Crippen LogP) is 7.04. The summed E-state index contributed by atoms with van der Waals surface area (Å²) < 4.78 is 20.8. The lowest BCUT2D eigenvalue weighted by molar-refractivity contribution is -0.249. The van der Waals surface area contributed by atoms with Crippen molar-refractivity contribution in [2.75, 3.05) is 6.61 Å². The van der Waals surface area contributed by atoms with E-state index in [-0.39, 0.29) is 58.1 Å². The number of fused-ring (bicyclic) bond motifs is 7. The van der Waals surface area contributed by atoms with E-state index in [1.165, 1.54) is 6.92 Å². The zero-order valence-electron chi connectivity index (χ0n) is 24.0. The second kappa shape index (κ2) is 8.63. The molecule has 0 aliphatic heterocycles. The van der Waals surface area contributed by atoms with Crippen LogP contribution in [-0.2, 0) is 14.3 Å². The first-order chi connectivity index (χ1) is 17.2. The number of hydrogen-bond donors (Lipinski definition) is 1. The van der Waals surface area contributed by atoms with Gasteiger partial charge in [0, 0.05) is 12.3 Å². The summed E-state index contributed by atoms with van der Waals surface area (Å²) in [6.07, 6.45) is 9.17. The van der Waals surface area contributed by atoms with Crippen molar-refractivity contribution >= 4 is 12.0 Å². The van der Waals surface area contributed by atoms with Gasteiger partial charge in [-0.1, -0.05) is 41.2 Å². The molecule has 5 aliphatic carbocycles. The van der Waals surface area contributed by atoms with Gasteiger partial charge in [0.05, 0.1) is 12.0 Å². The molecule has 0 radical (unpaired) electrons. The molecule has 5 saturated carbocycles. The average Bonchev–Trinajstić information content (AvgIpc) is 3.22. The van der Waals surface area contributed by atoms with Crippen LogP contribution < -0.4 is 0 Å². The Morgan fingerprint density at radius 3 is 2.22 bits per heavy atom. The summed E-state index contributed by atoms with van der Waals surface area (Å²) in [5.41, 5.74) is 0.102. The van der Waals surface area contributed by atoms with Crippen LogP contribution in [-0.4, -0.2) is 29.8 Å². The van der Waals surface area contributed by atoms with Crippen LogP contribution >= 0.6 is 0 Å². The Kier molecular flexibility index (Phi) is 6.38. The van der Waals surface area contributed by atoms with Crippen LogP contribution in [0.1, 0.15) is 106 Å². The second-order valence-corrected chi connectivity index (χ2v) is 15.0. The molecular weight excluding hydrogens is 467 g/mol. The molecule has 1 N–H and O–H groups in total. The van der Waals surface area contributed by atoms with Crippen LogP contribution in [0.25, 0.3) is 0 Å². The third-order valence-electron chi connectivity index (χ3n) is 13.8. The van der Waals surface area contributed by atoms with E-state index in [1.807, 2.05) is 0 Å². The van der Waals surface area contributed by atoms with E-state index < -0.39 is 11.5 Å². The first kappa shape index (κ1) is 27.3. The summed E-state index contributed by atoms with van der Waals surface area (Å²) in [5, 5.41) is 9.99. The highest BCUT2D eigenvalue weighted by molar-refractivity contribution is 5.77. The van der Waals surface area contributed by atoms with Crippen molar-refractivity contribution in [2.45, 2.75) is 112 Å². The summed E-state index contributed by atoms with van der Waals surface area (Å²) in [4.78, 5) is 24.5. The minimum Gasteiger partial charge on any atom is -0.462 e. The lowest BCUT2D eigenvalue weighted by Gasteiger charge is -2.72. The molecule has 9 unspecified atom stereocenters. The van der Waals surface area contributed by atoms with E-state index in [2.05, 4.69) is 41.2 Å². The largest absolute Gasteiger partial charge is 0.462 e. The minimum absolute atomic E-state index is 0.0166. The molecule has 5 fully saturated rings. The molecule has 37 heavy (non-hydrogen) atoms. The summed E-state index contributed by atoms with van der Waals surface area (Å²) in [5.74, 6) is 1.09. The van der Waals surface area contributed by atoms with E-state index in [1.54, 1.807) is 0 Å². The molecule has 0 spiro atoms. The van der Waals surface area contributed by atoms with Gasteiger partial charge in [-0.15, -0.1) is 0 Å². The molecule has 0 amide bonds. The van der Waals surface area contributed by atoms with E-state index in [9.17, 15) is 19.1 Å². The van der Waals surface area contributed by atoms with Crippen LogP contribution in [0.3, 0.4) is 0 Å². The number of hydrogen-bond acceptors (Lipinski definition) is 4. The van der Waals surface area contributed by atoms with Crippen molar-refractivity contribution < 1.29 is 23.8 Å². The second-order valence-electron chi connectivity index (χ2n) is 15.0. The Labute approximate surface area is 223 Å². The van der Waals surface area contributed by atoms with Crippen molar-refractivity contribution in [3.05, 3.63) is 12.2 Å². The van der Waals surface area contributed by atoms with Crippen molar-refractivity contribution in [2.24, 2.45) is 56.7 Å². The number of esters is 1. The Balaban J connectivity index is 1.52. The van der Waals surface area contributed by atoms with Crippen LogP contribution in [0, 0.1) is 56.7 Å². The Morgan fingerprint density at radius 1 is 0.892 bits per heavy atom. The van der Waals surface area contributed by atoms with E-state index in [4.69, 9.17) is 4.74 Å². The smallest absolute Gasteiger partial charge is 0.307 e. The molecule has 5 heteroatoms. The minimum atomic E-state index is -1.12. The lowest BCUT2D eigenvalue weighted by Crippen LogP contribution is -2.67. The van der Waals surface area contributed by atoms with Crippen LogP contribution in [0.5, 0.6) is 0 Å². The maximum Gasteiger partial charge on any atom is 0.307 e. The maximum atomic E-state index is 14.9. The number of rotatable bonds is 4. The first-order valence-electron chi connectivity index (χ1n) is 14.8. The van der Waals surface area contributed by atoms with Crippen LogP contribution in [0.2, 0.25) is 0 Å². The van der Waals surface area contributed by atoms with Gasteiger partial charge in [-0.25, -0.2) is 0 Å². The first-order valence-corrected chi connectivity index (χ1v) is 14.8. The van der Waals surface area contributed by atoms with E-state index in [0.29, 0.717) is 24.7 Å². The molecule has 5 aliphatic rings. The number of aliphatic hydroxyl groups is 1. The standard InChI is InChI=1S/C32H49FO4/c1-19(18-34)21-10-15-32(27(33)36)17-16-30(6)22(26(21)32)8-9-24-29(5)13-12-25(37-20(2)35)28(3,4)23(29)11-14-31(24,30)7/h21-26,34H,1,8-18H2,2-7H3/t21?,22?,23?,24?,25?,26?,29?,30?,31?,32-/m0/s1. The Hall–Kier alpha value is -1.23.